The summed E-state index contributed by atoms with van der Waals surface area (Å²) in [6.45, 7) is 11.7. The van der Waals surface area contributed by atoms with Gasteiger partial charge >= 0.3 is 5.97 Å². The zero-order valence-corrected chi connectivity index (χ0v) is 20.8. The summed E-state index contributed by atoms with van der Waals surface area (Å²) in [5.41, 5.74) is 0.160. The van der Waals surface area contributed by atoms with Gasteiger partial charge in [0.2, 0.25) is 0 Å². The predicted octanol–water partition coefficient (Wildman–Crippen LogP) is 4.12. The van der Waals surface area contributed by atoms with Gasteiger partial charge in [-0.3, -0.25) is 9.79 Å². The summed E-state index contributed by atoms with van der Waals surface area (Å²) in [6.07, 6.45) is 7.29. The van der Waals surface area contributed by atoms with E-state index in [1.54, 1.807) is 0 Å². The van der Waals surface area contributed by atoms with Crippen LogP contribution in [0.5, 0.6) is 0 Å². The molecule has 28 heavy (non-hydrogen) atoms. The first-order valence-electron chi connectivity index (χ1n) is 10.6. The maximum atomic E-state index is 11.3. The third-order valence-electron chi connectivity index (χ3n) is 4.96. The monoisotopic (exact) mass is 511 g/mol. The van der Waals surface area contributed by atoms with Crippen molar-refractivity contribution in [3.63, 3.8) is 0 Å². The van der Waals surface area contributed by atoms with Crippen molar-refractivity contribution in [1.29, 1.82) is 0 Å². The Kier molecular flexibility index (Phi) is 15.0. The van der Waals surface area contributed by atoms with Crippen LogP contribution >= 0.6 is 24.0 Å². The van der Waals surface area contributed by atoms with Gasteiger partial charge in [-0.2, -0.15) is 0 Å². The minimum Gasteiger partial charge on any atom is -0.466 e. The number of ether oxygens (including phenoxy) is 2. The number of aliphatic imine (C=N–C) groups is 1. The number of hydrogen-bond acceptors (Lipinski definition) is 4. The number of halogens is 1. The van der Waals surface area contributed by atoms with Gasteiger partial charge in [-0.1, -0.05) is 33.6 Å². The fraction of sp³-hybridized carbons (Fsp3) is 0.905. The Labute approximate surface area is 189 Å². The molecular formula is C21H42IN3O3. The number of rotatable bonds is 10. The second-order valence-corrected chi connectivity index (χ2v) is 8.41. The molecule has 1 aliphatic heterocycles. The summed E-state index contributed by atoms with van der Waals surface area (Å²) in [5.74, 6) is 1.29. The normalized spacial score (nSPS) is 20.2. The van der Waals surface area contributed by atoms with Crippen molar-refractivity contribution < 1.29 is 14.3 Å². The molecule has 0 amide bonds. The van der Waals surface area contributed by atoms with E-state index in [1.165, 1.54) is 6.42 Å². The van der Waals surface area contributed by atoms with Crippen LogP contribution in [0.3, 0.4) is 0 Å². The van der Waals surface area contributed by atoms with Crippen molar-refractivity contribution in [2.24, 2.45) is 16.3 Å². The fourth-order valence-corrected chi connectivity index (χ4v) is 3.65. The first-order chi connectivity index (χ1) is 12.9. The molecule has 0 aromatic carbocycles. The van der Waals surface area contributed by atoms with Gasteiger partial charge in [0.25, 0.3) is 0 Å². The summed E-state index contributed by atoms with van der Waals surface area (Å²) in [4.78, 5) is 15.6. The molecule has 0 saturated carbocycles. The number of carbonyl (C=O) groups excluding carboxylic acids is 1. The third kappa shape index (κ3) is 11.4. The molecule has 0 aliphatic carbocycles. The fourth-order valence-electron chi connectivity index (χ4n) is 3.65. The van der Waals surface area contributed by atoms with Crippen LogP contribution in [0.2, 0.25) is 0 Å². The van der Waals surface area contributed by atoms with E-state index >= 15 is 0 Å². The van der Waals surface area contributed by atoms with Gasteiger partial charge in [0, 0.05) is 39.1 Å². The zero-order valence-electron chi connectivity index (χ0n) is 18.5. The Hall–Kier alpha value is -0.570. The number of hydrogen-bond donors (Lipinski definition) is 2. The minimum absolute atomic E-state index is 0. The van der Waals surface area contributed by atoms with E-state index in [0.29, 0.717) is 18.9 Å². The highest BCUT2D eigenvalue weighted by atomic mass is 127. The Morgan fingerprint density at radius 3 is 2.54 bits per heavy atom. The average Bonchev–Trinajstić information content (AvgIpc) is 2.63. The van der Waals surface area contributed by atoms with Crippen molar-refractivity contribution in [3.8, 4) is 0 Å². The van der Waals surface area contributed by atoms with Crippen LogP contribution in [0.15, 0.2) is 4.99 Å². The quantitative estimate of drug-likeness (QED) is 0.152. The molecule has 1 fully saturated rings. The average molecular weight is 511 g/mol. The van der Waals surface area contributed by atoms with Crippen LogP contribution in [0.25, 0.3) is 0 Å². The van der Waals surface area contributed by atoms with Gasteiger partial charge in [0.05, 0.1) is 12.7 Å². The van der Waals surface area contributed by atoms with Crippen LogP contribution in [0.4, 0.5) is 0 Å². The molecule has 1 saturated heterocycles. The molecule has 7 heteroatoms. The number of unbranched alkanes of at least 4 members (excludes halogenated alkanes) is 3. The lowest BCUT2D eigenvalue weighted by atomic mass is 9.78. The Balaban J connectivity index is 0.00000729. The van der Waals surface area contributed by atoms with Crippen LogP contribution < -0.4 is 10.6 Å². The molecule has 0 bridgehead atoms. The van der Waals surface area contributed by atoms with Crippen molar-refractivity contribution in [3.05, 3.63) is 0 Å². The number of carbonyl (C=O) groups is 1. The SMILES string of the molecule is CCOC(=O)CCCCCCNC(=NC)NCC1CCCOC1C(C)(C)C.I. The van der Waals surface area contributed by atoms with Gasteiger partial charge in [-0.05, 0) is 38.0 Å². The van der Waals surface area contributed by atoms with Gasteiger partial charge in [0.1, 0.15) is 0 Å². The standard InChI is InChI=1S/C21H41N3O3.HI/c1-6-26-18(25)13-9-7-8-10-14-23-20(22-5)24-16-17-12-11-15-27-19(17)21(2,3)4;/h17,19H,6-16H2,1-5H3,(H2,22,23,24);1H. The lowest BCUT2D eigenvalue weighted by Gasteiger charge is -2.40. The van der Waals surface area contributed by atoms with E-state index in [2.05, 4.69) is 36.4 Å². The highest BCUT2D eigenvalue weighted by Crippen LogP contribution is 2.33. The molecule has 2 N–H and O–H groups in total. The number of nitrogens with one attached hydrogen (secondary N) is 2. The summed E-state index contributed by atoms with van der Waals surface area (Å²) in [5, 5.41) is 6.86. The van der Waals surface area contributed by atoms with Gasteiger partial charge in [-0.25, -0.2) is 0 Å². The number of guanidine groups is 1. The summed E-state index contributed by atoms with van der Waals surface area (Å²) in [7, 11) is 1.81. The van der Waals surface area contributed by atoms with Crippen LogP contribution in [-0.4, -0.2) is 51.4 Å². The van der Waals surface area contributed by atoms with E-state index in [9.17, 15) is 4.79 Å². The van der Waals surface area contributed by atoms with Crippen molar-refractivity contribution in [2.75, 3.05) is 33.4 Å². The predicted molar refractivity (Wildman–Crippen MR) is 126 cm³/mol. The minimum atomic E-state index is -0.0829. The van der Waals surface area contributed by atoms with Crippen LogP contribution in [-0.2, 0) is 14.3 Å². The first-order valence-corrected chi connectivity index (χ1v) is 10.6. The molecule has 166 valence electrons. The van der Waals surface area contributed by atoms with Crippen molar-refractivity contribution in [1.82, 2.24) is 10.6 Å². The topological polar surface area (TPSA) is 72.0 Å². The number of esters is 1. The second-order valence-electron chi connectivity index (χ2n) is 8.41. The summed E-state index contributed by atoms with van der Waals surface area (Å²) < 4.78 is 11.0. The molecule has 0 radical (unpaired) electrons. The molecule has 0 spiro atoms. The highest BCUT2D eigenvalue weighted by molar-refractivity contribution is 14.0. The molecule has 0 aromatic heterocycles. The van der Waals surface area contributed by atoms with E-state index in [4.69, 9.17) is 9.47 Å². The van der Waals surface area contributed by atoms with Crippen LogP contribution in [0, 0.1) is 11.3 Å². The van der Waals surface area contributed by atoms with E-state index in [0.717, 1.165) is 57.8 Å². The zero-order chi connectivity index (χ0) is 20.1. The molecule has 1 rings (SSSR count). The molecular weight excluding hydrogens is 469 g/mol. The van der Waals surface area contributed by atoms with Crippen molar-refractivity contribution >= 4 is 35.9 Å². The molecule has 6 nitrogen and oxygen atoms in total. The maximum Gasteiger partial charge on any atom is 0.305 e. The molecule has 2 unspecified atom stereocenters. The van der Waals surface area contributed by atoms with Crippen LogP contribution in [0.1, 0.15) is 72.6 Å². The summed E-state index contributed by atoms with van der Waals surface area (Å²) in [6, 6.07) is 0. The van der Waals surface area contributed by atoms with E-state index in [-0.39, 0.29) is 41.5 Å². The van der Waals surface area contributed by atoms with E-state index in [1.807, 2.05) is 14.0 Å². The van der Waals surface area contributed by atoms with Gasteiger partial charge < -0.3 is 20.1 Å². The van der Waals surface area contributed by atoms with Gasteiger partial charge in [0.15, 0.2) is 5.96 Å². The molecule has 0 aromatic rings. The first kappa shape index (κ1) is 27.4. The Bertz CT molecular complexity index is 453. The second kappa shape index (κ2) is 15.3. The molecule has 2 atom stereocenters. The summed E-state index contributed by atoms with van der Waals surface area (Å²) >= 11 is 0. The third-order valence-corrected chi connectivity index (χ3v) is 4.96. The lowest BCUT2D eigenvalue weighted by molar-refractivity contribution is -0.143. The van der Waals surface area contributed by atoms with Gasteiger partial charge in [-0.15, -0.1) is 24.0 Å². The Morgan fingerprint density at radius 1 is 1.18 bits per heavy atom. The Morgan fingerprint density at radius 2 is 1.89 bits per heavy atom. The highest BCUT2D eigenvalue weighted by Gasteiger charge is 2.35. The largest absolute Gasteiger partial charge is 0.466 e. The van der Waals surface area contributed by atoms with E-state index < -0.39 is 0 Å². The maximum absolute atomic E-state index is 11.3. The molecule has 1 aliphatic rings. The lowest BCUT2D eigenvalue weighted by Crippen LogP contribution is -2.47. The van der Waals surface area contributed by atoms with Crippen molar-refractivity contribution in [2.45, 2.75) is 78.7 Å². The number of nitrogens with zero attached hydrogens (tertiary/aromatic N) is 1. The smallest absolute Gasteiger partial charge is 0.305 e. The molecule has 1 heterocycles.